The summed E-state index contributed by atoms with van der Waals surface area (Å²) in [4.78, 5) is 15.0. The minimum absolute atomic E-state index is 0.00514. The number of aryl methyl sites for hydroxylation is 2. The molecule has 21 heavy (non-hydrogen) atoms. The van der Waals surface area contributed by atoms with Gasteiger partial charge in [0.05, 0.1) is 21.2 Å². The van der Waals surface area contributed by atoms with Crippen LogP contribution in [0, 0.1) is 0 Å². The van der Waals surface area contributed by atoms with E-state index < -0.39 is 15.8 Å². The van der Waals surface area contributed by atoms with Crippen molar-refractivity contribution in [2.45, 2.75) is 11.3 Å². The summed E-state index contributed by atoms with van der Waals surface area (Å²) in [6.07, 6.45) is 3.57. The first kappa shape index (κ1) is 15.5. The van der Waals surface area contributed by atoms with Crippen LogP contribution in [-0.4, -0.2) is 34.8 Å². The highest BCUT2D eigenvalue weighted by molar-refractivity contribution is 7.91. The number of aromatic carboxylic acids is 1. The molecule has 1 aromatic carbocycles. The Hall–Kier alpha value is -1.86. The van der Waals surface area contributed by atoms with Gasteiger partial charge in [0.15, 0.2) is 9.84 Å². The Labute approximate surface area is 126 Å². The van der Waals surface area contributed by atoms with E-state index in [0.717, 1.165) is 6.07 Å². The molecule has 0 bridgehead atoms. The van der Waals surface area contributed by atoms with E-state index in [4.69, 9.17) is 16.7 Å². The molecule has 1 heterocycles. The number of sulfone groups is 1. The molecule has 0 saturated carbocycles. The van der Waals surface area contributed by atoms with E-state index >= 15 is 0 Å². The van der Waals surface area contributed by atoms with Crippen LogP contribution in [-0.2, 0) is 23.3 Å². The third kappa shape index (κ3) is 3.43. The molecule has 0 radical (unpaired) electrons. The first-order chi connectivity index (χ1) is 9.81. The molecular formula is C13H13ClN2O4S. The van der Waals surface area contributed by atoms with Crippen LogP contribution in [0.2, 0.25) is 5.02 Å². The average molecular weight is 329 g/mol. The fourth-order valence-corrected chi connectivity index (χ4v) is 3.30. The number of hydrogen-bond donors (Lipinski definition) is 1. The number of carboxylic acid groups (broad SMARTS) is 1. The third-order valence-electron chi connectivity index (χ3n) is 3.04. The Morgan fingerprint density at radius 1 is 1.43 bits per heavy atom. The lowest BCUT2D eigenvalue weighted by Gasteiger charge is -2.07. The number of carboxylic acids is 1. The van der Waals surface area contributed by atoms with Crippen LogP contribution in [0.3, 0.4) is 0 Å². The molecule has 2 rings (SSSR count). The van der Waals surface area contributed by atoms with Crippen LogP contribution in [0.4, 0.5) is 0 Å². The Morgan fingerprint density at radius 2 is 2.14 bits per heavy atom. The molecule has 2 aromatic rings. The SMILES string of the molecule is Cn1ccnc1CCS(=O)(=O)c1ccc(Cl)c(C(=O)O)c1. The van der Waals surface area contributed by atoms with Crippen LogP contribution < -0.4 is 0 Å². The van der Waals surface area contributed by atoms with Gasteiger partial charge in [0.2, 0.25) is 0 Å². The maximum Gasteiger partial charge on any atom is 0.337 e. The Balaban J connectivity index is 2.26. The molecule has 6 nitrogen and oxygen atoms in total. The summed E-state index contributed by atoms with van der Waals surface area (Å²) < 4.78 is 26.2. The zero-order valence-electron chi connectivity index (χ0n) is 11.2. The van der Waals surface area contributed by atoms with E-state index in [1.807, 2.05) is 0 Å². The largest absolute Gasteiger partial charge is 0.478 e. The van der Waals surface area contributed by atoms with Crippen molar-refractivity contribution in [3.05, 3.63) is 47.0 Å². The standard InChI is InChI=1S/C13H13ClN2O4S/c1-16-6-5-15-12(16)4-7-21(19,20)9-2-3-11(14)10(8-9)13(17)18/h2-3,5-6,8H,4,7H2,1H3,(H,17,18). The molecule has 0 aliphatic rings. The summed E-state index contributed by atoms with van der Waals surface area (Å²) in [7, 11) is -1.82. The highest BCUT2D eigenvalue weighted by atomic mass is 35.5. The molecule has 0 saturated heterocycles. The molecular weight excluding hydrogens is 316 g/mol. The van der Waals surface area contributed by atoms with Gasteiger partial charge < -0.3 is 9.67 Å². The first-order valence-corrected chi connectivity index (χ1v) is 8.06. The molecule has 0 aliphatic heterocycles. The van der Waals surface area contributed by atoms with Gasteiger partial charge >= 0.3 is 5.97 Å². The van der Waals surface area contributed by atoms with Crippen LogP contribution in [0.25, 0.3) is 0 Å². The minimum Gasteiger partial charge on any atom is -0.478 e. The fraction of sp³-hybridized carbons (Fsp3) is 0.231. The second kappa shape index (κ2) is 5.87. The normalized spacial score (nSPS) is 11.5. The van der Waals surface area contributed by atoms with Crippen LogP contribution >= 0.6 is 11.6 Å². The van der Waals surface area contributed by atoms with Gasteiger partial charge in [-0.05, 0) is 18.2 Å². The van der Waals surface area contributed by atoms with Crippen molar-refractivity contribution >= 4 is 27.4 Å². The number of hydrogen-bond acceptors (Lipinski definition) is 4. The van der Waals surface area contributed by atoms with Gasteiger partial charge in [0.1, 0.15) is 5.82 Å². The Kier molecular flexibility index (Phi) is 4.34. The van der Waals surface area contributed by atoms with E-state index in [1.165, 1.54) is 12.1 Å². The van der Waals surface area contributed by atoms with Gasteiger partial charge in [-0.1, -0.05) is 11.6 Å². The number of halogens is 1. The van der Waals surface area contributed by atoms with Gasteiger partial charge in [-0.25, -0.2) is 18.2 Å². The van der Waals surface area contributed by atoms with Crippen molar-refractivity contribution in [3.63, 3.8) is 0 Å². The maximum atomic E-state index is 12.3. The number of benzene rings is 1. The van der Waals surface area contributed by atoms with Gasteiger partial charge in [-0.2, -0.15) is 0 Å². The fourth-order valence-electron chi connectivity index (χ4n) is 1.84. The molecule has 0 aliphatic carbocycles. The Bertz CT molecular complexity index is 783. The van der Waals surface area contributed by atoms with Crippen molar-refractivity contribution in [2.75, 3.05) is 5.75 Å². The van der Waals surface area contributed by atoms with E-state index in [-0.39, 0.29) is 27.7 Å². The molecule has 0 atom stereocenters. The summed E-state index contributed by atoms with van der Waals surface area (Å²) in [6.45, 7) is 0. The second-order valence-electron chi connectivity index (χ2n) is 4.47. The van der Waals surface area contributed by atoms with E-state index in [9.17, 15) is 13.2 Å². The van der Waals surface area contributed by atoms with Crippen molar-refractivity contribution in [1.29, 1.82) is 0 Å². The van der Waals surface area contributed by atoms with Crippen molar-refractivity contribution in [3.8, 4) is 0 Å². The highest BCUT2D eigenvalue weighted by Gasteiger charge is 2.19. The molecule has 8 heteroatoms. The molecule has 0 amide bonds. The average Bonchev–Trinajstić information content (AvgIpc) is 2.82. The van der Waals surface area contributed by atoms with Crippen LogP contribution in [0.5, 0.6) is 0 Å². The van der Waals surface area contributed by atoms with Gasteiger partial charge in [0.25, 0.3) is 0 Å². The molecule has 0 fully saturated rings. The number of rotatable bonds is 5. The lowest BCUT2D eigenvalue weighted by molar-refractivity contribution is 0.0697. The number of aromatic nitrogens is 2. The summed E-state index contributed by atoms with van der Waals surface area (Å²) in [5, 5.41) is 8.98. The minimum atomic E-state index is -3.60. The quantitative estimate of drug-likeness (QED) is 0.903. The van der Waals surface area contributed by atoms with Crippen LogP contribution in [0.15, 0.2) is 35.5 Å². The predicted molar refractivity (Wildman–Crippen MR) is 77.4 cm³/mol. The molecule has 112 valence electrons. The molecule has 1 N–H and O–H groups in total. The highest BCUT2D eigenvalue weighted by Crippen LogP contribution is 2.21. The number of nitrogens with zero attached hydrogens (tertiary/aromatic N) is 2. The van der Waals surface area contributed by atoms with E-state index in [0.29, 0.717) is 5.82 Å². The molecule has 0 spiro atoms. The first-order valence-electron chi connectivity index (χ1n) is 6.03. The smallest absolute Gasteiger partial charge is 0.337 e. The second-order valence-corrected chi connectivity index (χ2v) is 6.99. The van der Waals surface area contributed by atoms with E-state index in [2.05, 4.69) is 4.98 Å². The van der Waals surface area contributed by atoms with Crippen molar-refractivity contribution in [2.24, 2.45) is 7.05 Å². The van der Waals surface area contributed by atoms with Gasteiger partial charge in [0, 0.05) is 25.9 Å². The number of imidazole rings is 1. The van der Waals surface area contributed by atoms with Gasteiger partial charge in [-0.3, -0.25) is 0 Å². The predicted octanol–water partition coefficient (Wildman–Crippen LogP) is 1.79. The topological polar surface area (TPSA) is 89.3 Å². The molecule has 1 aromatic heterocycles. The zero-order valence-corrected chi connectivity index (χ0v) is 12.7. The summed E-state index contributed by atoms with van der Waals surface area (Å²) >= 11 is 5.73. The van der Waals surface area contributed by atoms with Crippen LogP contribution in [0.1, 0.15) is 16.2 Å². The summed E-state index contributed by atoms with van der Waals surface area (Å²) in [5.41, 5.74) is -0.227. The molecule has 0 unspecified atom stereocenters. The zero-order chi connectivity index (χ0) is 15.6. The Morgan fingerprint density at radius 3 is 2.71 bits per heavy atom. The summed E-state index contributed by atoms with van der Waals surface area (Å²) in [5.74, 6) is -0.773. The third-order valence-corrected chi connectivity index (χ3v) is 5.09. The monoisotopic (exact) mass is 328 g/mol. The lowest BCUT2D eigenvalue weighted by Crippen LogP contribution is -2.12. The van der Waals surface area contributed by atoms with E-state index in [1.54, 1.807) is 24.0 Å². The maximum absolute atomic E-state index is 12.3. The van der Waals surface area contributed by atoms with Crippen molar-refractivity contribution in [1.82, 2.24) is 9.55 Å². The van der Waals surface area contributed by atoms with Gasteiger partial charge in [-0.15, -0.1) is 0 Å². The summed E-state index contributed by atoms with van der Waals surface area (Å²) in [6, 6.07) is 3.67. The lowest BCUT2D eigenvalue weighted by atomic mass is 10.2. The van der Waals surface area contributed by atoms with Crippen molar-refractivity contribution < 1.29 is 18.3 Å². The number of carbonyl (C=O) groups is 1.